The molecule has 0 saturated carbocycles. The van der Waals surface area contributed by atoms with Gasteiger partial charge in [-0.2, -0.15) is 0 Å². The normalized spacial score (nSPS) is 18.2. The Morgan fingerprint density at radius 3 is 2.72 bits per heavy atom. The Balaban J connectivity index is 2.09. The second kappa shape index (κ2) is 7.02. The molecule has 4 nitrogen and oxygen atoms in total. The fraction of sp³-hybridized carbons (Fsp3) is 0.400. The smallest absolute Gasteiger partial charge is 0.143 e. The van der Waals surface area contributed by atoms with E-state index in [0.717, 1.165) is 17.0 Å². The maximum atomic E-state index is 13.9. The molecule has 0 aromatic heterocycles. The molecule has 0 amide bonds. The molecule has 25 heavy (non-hydrogen) atoms. The third-order valence-electron chi connectivity index (χ3n) is 4.42. The third kappa shape index (κ3) is 3.78. The van der Waals surface area contributed by atoms with Crippen molar-refractivity contribution < 1.29 is 14.2 Å². The minimum absolute atomic E-state index is 0.306. The highest BCUT2D eigenvalue weighted by molar-refractivity contribution is 5.62. The first kappa shape index (κ1) is 17.7. The van der Waals surface area contributed by atoms with E-state index in [2.05, 4.69) is 10.2 Å². The van der Waals surface area contributed by atoms with Gasteiger partial charge < -0.3 is 20.1 Å². The first-order chi connectivity index (χ1) is 11.9. The van der Waals surface area contributed by atoms with Crippen molar-refractivity contribution in [1.29, 1.82) is 0 Å². The number of hydrogen-bond acceptors (Lipinski definition) is 4. The van der Waals surface area contributed by atoms with Crippen LogP contribution in [0.25, 0.3) is 0 Å². The summed E-state index contributed by atoms with van der Waals surface area (Å²) in [5.41, 5.74) is 1.24. The van der Waals surface area contributed by atoms with E-state index in [1.807, 2.05) is 44.2 Å². The molecule has 1 aliphatic heterocycles. The van der Waals surface area contributed by atoms with E-state index >= 15 is 0 Å². The highest BCUT2D eigenvalue weighted by atomic mass is 19.1. The van der Waals surface area contributed by atoms with Crippen molar-refractivity contribution in [3.63, 3.8) is 0 Å². The summed E-state index contributed by atoms with van der Waals surface area (Å²) < 4.78 is 19.9. The van der Waals surface area contributed by atoms with Crippen LogP contribution >= 0.6 is 0 Å². The summed E-state index contributed by atoms with van der Waals surface area (Å²) in [6.45, 7) is 5.03. The predicted octanol–water partition coefficient (Wildman–Crippen LogP) is 3.12. The SMILES string of the molecule is CNCC(O)C(c1cccc(F)c1)N1CC(C)(C)Oc2ccccc21. The number of hydrogen-bond donors (Lipinski definition) is 2. The van der Waals surface area contributed by atoms with Gasteiger partial charge in [0.25, 0.3) is 0 Å². The van der Waals surface area contributed by atoms with Crippen LogP contribution in [0.4, 0.5) is 10.1 Å². The summed E-state index contributed by atoms with van der Waals surface area (Å²) in [4.78, 5) is 2.12. The molecule has 2 unspecified atom stereocenters. The monoisotopic (exact) mass is 344 g/mol. The quantitative estimate of drug-likeness (QED) is 0.875. The Bertz CT molecular complexity index is 735. The van der Waals surface area contributed by atoms with Crippen LogP contribution in [-0.2, 0) is 0 Å². The van der Waals surface area contributed by atoms with Gasteiger partial charge >= 0.3 is 0 Å². The average Bonchev–Trinajstić information content (AvgIpc) is 2.54. The summed E-state index contributed by atoms with van der Waals surface area (Å²) in [6, 6.07) is 13.8. The lowest BCUT2D eigenvalue weighted by Crippen LogP contribution is -2.51. The van der Waals surface area contributed by atoms with Crippen LogP contribution in [-0.4, -0.2) is 36.9 Å². The van der Waals surface area contributed by atoms with Crippen molar-refractivity contribution in [2.45, 2.75) is 31.6 Å². The Morgan fingerprint density at radius 2 is 2.00 bits per heavy atom. The van der Waals surface area contributed by atoms with E-state index in [9.17, 15) is 9.50 Å². The molecule has 1 heterocycles. The fourth-order valence-electron chi connectivity index (χ4n) is 3.48. The lowest BCUT2D eigenvalue weighted by molar-refractivity contribution is 0.0840. The van der Waals surface area contributed by atoms with Crippen LogP contribution in [0.2, 0.25) is 0 Å². The molecule has 2 N–H and O–H groups in total. The summed E-state index contributed by atoms with van der Waals surface area (Å²) in [6.07, 6.45) is -0.700. The third-order valence-corrected chi connectivity index (χ3v) is 4.42. The van der Waals surface area contributed by atoms with Gasteiger partial charge in [-0.1, -0.05) is 24.3 Å². The molecule has 3 rings (SSSR count). The molecule has 2 aromatic carbocycles. The van der Waals surface area contributed by atoms with Gasteiger partial charge in [-0.3, -0.25) is 0 Å². The molecule has 1 aliphatic rings. The van der Waals surface area contributed by atoms with Crippen molar-refractivity contribution in [2.24, 2.45) is 0 Å². The largest absolute Gasteiger partial charge is 0.484 e. The molecule has 5 heteroatoms. The number of nitrogens with zero attached hydrogens (tertiary/aromatic N) is 1. The molecule has 0 radical (unpaired) electrons. The zero-order valence-corrected chi connectivity index (χ0v) is 14.9. The van der Waals surface area contributed by atoms with Crippen molar-refractivity contribution in [3.05, 3.63) is 59.9 Å². The topological polar surface area (TPSA) is 44.7 Å². The first-order valence-electron chi connectivity index (χ1n) is 8.54. The zero-order valence-electron chi connectivity index (χ0n) is 14.9. The number of halogens is 1. The zero-order chi connectivity index (χ0) is 18.0. The van der Waals surface area contributed by atoms with Crippen LogP contribution < -0.4 is 15.0 Å². The van der Waals surface area contributed by atoms with Crippen molar-refractivity contribution in [2.75, 3.05) is 25.0 Å². The molecule has 0 fully saturated rings. The number of benzene rings is 2. The van der Waals surface area contributed by atoms with Crippen molar-refractivity contribution in [1.82, 2.24) is 5.32 Å². The van der Waals surface area contributed by atoms with Gasteiger partial charge in [-0.25, -0.2) is 4.39 Å². The number of fused-ring (bicyclic) bond motifs is 1. The number of aliphatic hydroxyl groups excluding tert-OH is 1. The lowest BCUT2D eigenvalue weighted by Gasteiger charge is -2.46. The molecule has 0 bridgehead atoms. The molecule has 0 saturated heterocycles. The maximum Gasteiger partial charge on any atom is 0.143 e. The van der Waals surface area contributed by atoms with E-state index in [4.69, 9.17) is 4.74 Å². The van der Waals surface area contributed by atoms with Gasteiger partial charge in [0.15, 0.2) is 0 Å². The van der Waals surface area contributed by atoms with Gasteiger partial charge in [0.05, 0.1) is 24.4 Å². The minimum Gasteiger partial charge on any atom is -0.484 e. The molecule has 2 atom stereocenters. The predicted molar refractivity (Wildman–Crippen MR) is 97.6 cm³/mol. The van der Waals surface area contributed by atoms with Crippen LogP contribution in [0.1, 0.15) is 25.5 Å². The Labute approximate surface area is 148 Å². The molecule has 2 aromatic rings. The summed E-state index contributed by atoms with van der Waals surface area (Å²) in [7, 11) is 1.79. The number of likely N-dealkylation sites (N-methyl/N-ethyl adjacent to an activating group) is 1. The van der Waals surface area contributed by atoms with Crippen molar-refractivity contribution in [3.8, 4) is 5.75 Å². The average molecular weight is 344 g/mol. The Kier molecular flexibility index (Phi) is 4.97. The standard InChI is InChI=1S/C20H25FN2O2/c1-20(2)13-23(16-9-4-5-10-18(16)25-20)19(17(24)12-22-3)14-7-6-8-15(21)11-14/h4-11,17,19,22,24H,12-13H2,1-3H3. The molecule has 0 aliphatic carbocycles. The molecular weight excluding hydrogens is 319 g/mol. The number of anilines is 1. The molecular formula is C20H25FN2O2. The Hall–Kier alpha value is -2.11. The number of para-hydroxylation sites is 2. The second-order valence-corrected chi connectivity index (χ2v) is 7.08. The van der Waals surface area contributed by atoms with Crippen LogP contribution in [0.5, 0.6) is 5.75 Å². The van der Waals surface area contributed by atoms with Crippen LogP contribution in [0.3, 0.4) is 0 Å². The summed E-state index contributed by atoms with van der Waals surface area (Å²) in [5, 5.41) is 13.8. The maximum absolute atomic E-state index is 13.9. The van der Waals surface area contributed by atoms with E-state index in [1.54, 1.807) is 13.1 Å². The van der Waals surface area contributed by atoms with Gasteiger partial charge in [-0.05, 0) is 50.7 Å². The van der Waals surface area contributed by atoms with Crippen molar-refractivity contribution >= 4 is 5.69 Å². The van der Waals surface area contributed by atoms with Crippen LogP contribution in [0, 0.1) is 5.82 Å². The number of rotatable bonds is 5. The second-order valence-electron chi connectivity index (χ2n) is 7.08. The number of aliphatic hydroxyl groups is 1. The van der Waals surface area contributed by atoms with E-state index < -0.39 is 11.7 Å². The summed E-state index contributed by atoms with van der Waals surface area (Å²) >= 11 is 0. The highest BCUT2D eigenvalue weighted by Gasteiger charge is 2.38. The minimum atomic E-state index is -0.700. The van der Waals surface area contributed by atoms with Gasteiger partial charge in [0.2, 0.25) is 0 Å². The van der Waals surface area contributed by atoms with Gasteiger partial charge in [-0.15, -0.1) is 0 Å². The first-order valence-corrected chi connectivity index (χ1v) is 8.54. The molecule has 134 valence electrons. The summed E-state index contributed by atoms with van der Waals surface area (Å²) in [5.74, 6) is 0.469. The highest BCUT2D eigenvalue weighted by Crippen LogP contribution is 2.42. The van der Waals surface area contributed by atoms with Gasteiger partial charge in [0.1, 0.15) is 17.2 Å². The van der Waals surface area contributed by atoms with Gasteiger partial charge in [0, 0.05) is 6.54 Å². The number of nitrogens with one attached hydrogen (secondary N) is 1. The van der Waals surface area contributed by atoms with Crippen LogP contribution in [0.15, 0.2) is 48.5 Å². The molecule has 0 spiro atoms. The van der Waals surface area contributed by atoms with E-state index in [0.29, 0.717) is 13.1 Å². The van der Waals surface area contributed by atoms with E-state index in [-0.39, 0.29) is 11.9 Å². The fourth-order valence-corrected chi connectivity index (χ4v) is 3.48. The number of ether oxygens (including phenoxy) is 1. The van der Waals surface area contributed by atoms with E-state index in [1.165, 1.54) is 12.1 Å². The lowest BCUT2D eigenvalue weighted by atomic mass is 9.95. The Morgan fingerprint density at radius 1 is 1.24 bits per heavy atom.